The van der Waals surface area contributed by atoms with E-state index in [9.17, 15) is 5.11 Å². The molecule has 0 unspecified atom stereocenters. The Balaban J connectivity index is 2.14. The van der Waals surface area contributed by atoms with E-state index in [1.807, 2.05) is 4.90 Å². The van der Waals surface area contributed by atoms with Gasteiger partial charge in [-0.15, -0.1) is 0 Å². The second-order valence-electron chi connectivity index (χ2n) is 5.91. The second kappa shape index (κ2) is 5.35. The zero-order valence-electron chi connectivity index (χ0n) is 12.5. The van der Waals surface area contributed by atoms with E-state index in [2.05, 4.69) is 9.98 Å². The van der Waals surface area contributed by atoms with E-state index in [1.54, 1.807) is 19.1 Å². The number of anilines is 1. The van der Waals surface area contributed by atoms with Gasteiger partial charge < -0.3 is 16.6 Å². The number of guanidine groups is 2. The average molecular weight is 322 g/mol. The predicted octanol–water partition coefficient (Wildman–Crippen LogP) is 2.46. The highest BCUT2D eigenvalue weighted by atomic mass is 35.5. The number of hydrogen-bond acceptors (Lipinski definition) is 6. The van der Waals surface area contributed by atoms with Crippen molar-refractivity contribution in [2.24, 2.45) is 21.5 Å². The summed E-state index contributed by atoms with van der Waals surface area (Å²) < 4.78 is 0. The quantitative estimate of drug-likeness (QED) is 0.739. The lowest BCUT2D eigenvalue weighted by atomic mass is 9.87. The molecule has 1 fully saturated rings. The first-order valence-corrected chi connectivity index (χ1v) is 7.79. The van der Waals surface area contributed by atoms with E-state index >= 15 is 0 Å². The minimum Gasteiger partial charge on any atom is -0.508 e. The molecule has 2 aliphatic rings. The Morgan fingerprint density at radius 3 is 2.59 bits per heavy atom. The Labute approximate surface area is 134 Å². The molecule has 6 nitrogen and oxygen atoms in total. The third kappa shape index (κ3) is 2.37. The molecule has 118 valence electrons. The third-order valence-electron chi connectivity index (χ3n) is 4.36. The van der Waals surface area contributed by atoms with Crippen molar-refractivity contribution >= 4 is 29.2 Å². The molecule has 1 aliphatic carbocycles. The zero-order chi connectivity index (χ0) is 15.9. The predicted molar refractivity (Wildman–Crippen MR) is 89.4 cm³/mol. The fourth-order valence-electron chi connectivity index (χ4n) is 3.29. The minimum atomic E-state index is -0.556. The van der Waals surface area contributed by atoms with Crippen molar-refractivity contribution in [1.82, 2.24) is 0 Å². The summed E-state index contributed by atoms with van der Waals surface area (Å²) in [7, 11) is 0. The van der Waals surface area contributed by atoms with Crippen LogP contribution in [0.25, 0.3) is 0 Å². The maximum atomic E-state index is 10.1. The van der Waals surface area contributed by atoms with Crippen LogP contribution in [0.1, 0.15) is 37.7 Å². The lowest BCUT2D eigenvalue weighted by Gasteiger charge is -2.45. The van der Waals surface area contributed by atoms with Crippen LogP contribution in [-0.2, 0) is 0 Å². The first-order chi connectivity index (χ1) is 10.4. The summed E-state index contributed by atoms with van der Waals surface area (Å²) in [6.45, 7) is 1.80. The number of nitrogens with two attached hydrogens (primary N) is 2. The molecule has 0 bridgehead atoms. The van der Waals surface area contributed by atoms with Gasteiger partial charge in [-0.2, -0.15) is 4.99 Å². The molecular weight excluding hydrogens is 302 g/mol. The van der Waals surface area contributed by atoms with Crippen LogP contribution in [0.3, 0.4) is 0 Å². The molecule has 0 radical (unpaired) electrons. The van der Waals surface area contributed by atoms with Crippen LogP contribution >= 0.6 is 11.6 Å². The van der Waals surface area contributed by atoms with Crippen LogP contribution in [0.5, 0.6) is 5.75 Å². The van der Waals surface area contributed by atoms with Gasteiger partial charge in [0.1, 0.15) is 11.4 Å². The topological polar surface area (TPSA) is 100 Å². The van der Waals surface area contributed by atoms with Crippen LogP contribution in [0, 0.1) is 6.92 Å². The van der Waals surface area contributed by atoms with E-state index < -0.39 is 5.66 Å². The maximum Gasteiger partial charge on any atom is 0.220 e. The monoisotopic (exact) mass is 321 g/mol. The van der Waals surface area contributed by atoms with Gasteiger partial charge in [0.05, 0.1) is 10.7 Å². The molecule has 1 aromatic carbocycles. The maximum absolute atomic E-state index is 10.1. The summed E-state index contributed by atoms with van der Waals surface area (Å²) in [4.78, 5) is 10.5. The first-order valence-electron chi connectivity index (χ1n) is 7.42. The number of halogens is 1. The number of phenolic OH excluding ortho intramolecular Hbond substituents is 1. The number of nitrogens with zero attached hydrogens (tertiary/aromatic N) is 3. The van der Waals surface area contributed by atoms with Crippen LogP contribution in [-0.4, -0.2) is 22.7 Å². The molecule has 3 rings (SSSR count). The highest BCUT2D eigenvalue weighted by Gasteiger charge is 2.43. The summed E-state index contributed by atoms with van der Waals surface area (Å²) in [5, 5.41) is 10.6. The number of hydrogen-bond donors (Lipinski definition) is 3. The largest absolute Gasteiger partial charge is 0.508 e. The van der Waals surface area contributed by atoms with Crippen LogP contribution in [0.2, 0.25) is 5.02 Å². The minimum absolute atomic E-state index is 0.167. The Hall–Kier alpha value is -1.95. The van der Waals surface area contributed by atoms with Crippen LogP contribution in [0.15, 0.2) is 22.1 Å². The van der Waals surface area contributed by atoms with E-state index in [-0.39, 0.29) is 17.7 Å². The Kier molecular flexibility index (Phi) is 3.64. The lowest BCUT2D eigenvalue weighted by molar-refractivity contribution is 0.305. The highest BCUT2D eigenvalue weighted by Crippen LogP contribution is 2.43. The summed E-state index contributed by atoms with van der Waals surface area (Å²) in [5.41, 5.74) is 12.7. The zero-order valence-corrected chi connectivity index (χ0v) is 13.3. The van der Waals surface area contributed by atoms with Crippen molar-refractivity contribution in [2.75, 3.05) is 4.90 Å². The molecule has 1 heterocycles. The van der Waals surface area contributed by atoms with Gasteiger partial charge in [0.25, 0.3) is 0 Å². The fraction of sp³-hybridized carbons (Fsp3) is 0.467. The molecule has 1 aromatic rings. The number of aryl methyl sites for hydroxylation is 1. The molecule has 1 aliphatic heterocycles. The molecule has 0 amide bonds. The Bertz CT molecular complexity index is 664. The number of aliphatic imine (C=N–C) groups is 2. The van der Waals surface area contributed by atoms with E-state index in [0.717, 1.165) is 32.1 Å². The molecule has 0 atom stereocenters. The van der Waals surface area contributed by atoms with E-state index in [1.165, 1.54) is 0 Å². The van der Waals surface area contributed by atoms with Crippen LogP contribution in [0.4, 0.5) is 5.69 Å². The van der Waals surface area contributed by atoms with Crippen molar-refractivity contribution in [3.05, 3.63) is 22.7 Å². The average Bonchev–Trinajstić information content (AvgIpc) is 2.44. The third-order valence-corrected chi connectivity index (χ3v) is 4.66. The van der Waals surface area contributed by atoms with Gasteiger partial charge >= 0.3 is 0 Å². The smallest absolute Gasteiger partial charge is 0.220 e. The lowest BCUT2D eigenvalue weighted by Crippen LogP contribution is -2.58. The summed E-state index contributed by atoms with van der Waals surface area (Å²) in [6, 6.07) is 3.34. The van der Waals surface area contributed by atoms with Crippen molar-refractivity contribution in [3.63, 3.8) is 0 Å². The Morgan fingerprint density at radius 1 is 1.23 bits per heavy atom. The van der Waals surface area contributed by atoms with Gasteiger partial charge in [0.2, 0.25) is 11.9 Å². The van der Waals surface area contributed by atoms with Gasteiger partial charge in [-0.1, -0.05) is 18.0 Å². The van der Waals surface area contributed by atoms with Crippen molar-refractivity contribution < 1.29 is 5.11 Å². The SMILES string of the molecule is Cc1cc(Cl)c(N2C(N)=NC(N)=NC23CCCCC3)cc1O. The van der Waals surface area contributed by atoms with E-state index in [0.29, 0.717) is 16.3 Å². The second-order valence-corrected chi connectivity index (χ2v) is 6.32. The summed E-state index contributed by atoms with van der Waals surface area (Å²) in [5.74, 6) is 0.628. The number of benzene rings is 1. The molecule has 0 aromatic heterocycles. The number of phenols is 1. The standard InChI is InChI=1S/C15H20ClN5O/c1-9-7-10(16)11(8-12(9)22)21-14(18)19-13(17)20-15(21)5-3-2-4-6-15/h7-8,22H,2-6H2,1H3,(H4,17,18,19,20). The molecular formula is C15H20ClN5O. The molecule has 22 heavy (non-hydrogen) atoms. The van der Waals surface area contributed by atoms with Gasteiger partial charge in [-0.05, 0) is 44.2 Å². The fourth-order valence-corrected chi connectivity index (χ4v) is 3.59. The number of rotatable bonds is 1. The molecule has 1 spiro atoms. The summed E-state index contributed by atoms with van der Waals surface area (Å²) >= 11 is 6.40. The molecule has 0 saturated heterocycles. The molecule has 1 saturated carbocycles. The molecule has 7 heteroatoms. The Morgan fingerprint density at radius 2 is 1.91 bits per heavy atom. The van der Waals surface area contributed by atoms with Crippen molar-refractivity contribution in [1.29, 1.82) is 0 Å². The normalized spacial score (nSPS) is 20.7. The number of aromatic hydroxyl groups is 1. The van der Waals surface area contributed by atoms with Crippen LogP contribution < -0.4 is 16.4 Å². The van der Waals surface area contributed by atoms with Crippen molar-refractivity contribution in [3.8, 4) is 5.75 Å². The summed E-state index contributed by atoms with van der Waals surface area (Å²) in [6.07, 6.45) is 4.89. The van der Waals surface area contributed by atoms with E-state index in [4.69, 9.17) is 23.1 Å². The van der Waals surface area contributed by atoms with Gasteiger partial charge in [0.15, 0.2) is 0 Å². The van der Waals surface area contributed by atoms with Gasteiger partial charge in [-0.3, -0.25) is 4.90 Å². The van der Waals surface area contributed by atoms with Crippen molar-refractivity contribution in [2.45, 2.75) is 44.7 Å². The first kappa shape index (κ1) is 15.0. The van der Waals surface area contributed by atoms with Gasteiger partial charge in [0, 0.05) is 6.07 Å². The molecule has 5 N–H and O–H groups in total. The highest BCUT2D eigenvalue weighted by molar-refractivity contribution is 6.34. The van der Waals surface area contributed by atoms with Gasteiger partial charge in [-0.25, -0.2) is 4.99 Å².